The highest BCUT2D eigenvalue weighted by Gasteiger charge is 2.35. The lowest BCUT2D eigenvalue weighted by Crippen LogP contribution is -2.33. The molecule has 0 spiro atoms. The Morgan fingerprint density at radius 3 is 2.81 bits per heavy atom. The van der Waals surface area contributed by atoms with Crippen molar-refractivity contribution in [3.05, 3.63) is 32.6 Å². The molecule has 0 bridgehead atoms. The van der Waals surface area contributed by atoms with Gasteiger partial charge in [-0.1, -0.05) is 11.8 Å². The Hall–Kier alpha value is -1.92. The van der Waals surface area contributed by atoms with E-state index in [1.54, 1.807) is 0 Å². The van der Waals surface area contributed by atoms with Crippen molar-refractivity contribution < 1.29 is 20.1 Å². The van der Waals surface area contributed by atoms with E-state index in [2.05, 4.69) is 16.8 Å². The lowest BCUT2D eigenvalue weighted by atomic mass is 10.2. The standard InChI is InChI=1S/C13H16N2O6/c16-4-2-1-3-8-6-15(13(20)14-12(8)19)11-5-9(18)10(7-17)21-11/h6,9-11,16-18H,2,4-5,7H2,(H,14,19,20)/t9-,10+,11+/m0/s1. The topological polar surface area (TPSA) is 125 Å². The molecule has 2 heterocycles. The van der Waals surface area contributed by atoms with E-state index in [1.165, 1.54) is 6.20 Å². The van der Waals surface area contributed by atoms with E-state index in [0.717, 1.165) is 4.57 Å². The van der Waals surface area contributed by atoms with Gasteiger partial charge in [0.25, 0.3) is 5.56 Å². The number of hydrogen-bond donors (Lipinski definition) is 4. The van der Waals surface area contributed by atoms with Crippen molar-refractivity contribution in [1.82, 2.24) is 9.55 Å². The number of aliphatic hydroxyl groups is 3. The lowest BCUT2D eigenvalue weighted by Gasteiger charge is -2.14. The number of nitrogens with zero attached hydrogens (tertiary/aromatic N) is 1. The van der Waals surface area contributed by atoms with Crippen LogP contribution in [0.4, 0.5) is 0 Å². The summed E-state index contributed by atoms with van der Waals surface area (Å²) < 4.78 is 6.49. The Balaban J connectivity index is 2.33. The minimum atomic E-state index is -0.886. The molecule has 0 aromatic carbocycles. The first kappa shape index (κ1) is 15.5. The molecule has 0 aliphatic carbocycles. The fourth-order valence-electron chi connectivity index (χ4n) is 2.05. The van der Waals surface area contributed by atoms with Crippen LogP contribution >= 0.6 is 0 Å². The van der Waals surface area contributed by atoms with Gasteiger partial charge in [-0.3, -0.25) is 14.3 Å². The van der Waals surface area contributed by atoms with Crippen molar-refractivity contribution in [2.45, 2.75) is 31.3 Å². The molecule has 1 aromatic heterocycles. The third-order valence-corrected chi connectivity index (χ3v) is 3.12. The van der Waals surface area contributed by atoms with Gasteiger partial charge in [-0.2, -0.15) is 0 Å². The SMILES string of the molecule is O=c1[nH]c(=O)n([C@H]2C[C@H](O)[C@@H](CO)O2)cc1C#CCCO. The average molecular weight is 296 g/mol. The third-order valence-electron chi connectivity index (χ3n) is 3.12. The van der Waals surface area contributed by atoms with Crippen LogP contribution < -0.4 is 11.2 Å². The van der Waals surface area contributed by atoms with Crippen LogP contribution in [0.5, 0.6) is 0 Å². The molecule has 21 heavy (non-hydrogen) atoms. The predicted molar refractivity (Wildman–Crippen MR) is 71.5 cm³/mol. The van der Waals surface area contributed by atoms with E-state index in [1.807, 2.05) is 0 Å². The summed E-state index contributed by atoms with van der Waals surface area (Å²) in [5.74, 6) is 5.15. The van der Waals surface area contributed by atoms with Gasteiger partial charge in [0.1, 0.15) is 17.9 Å². The van der Waals surface area contributed by atoms with Crippen LogP contribution in [-0.4, -0.2) is 50.3 Å². The van der Waals surface area contributed by atoms with Crippen LogP contribution in [0.3, 0.4) is 0 Å². The van der Waals surface area contributed by atoms with Crippen molar-refractivity contribution in [2.75, 3.05) is 13.2 Å². The Morgan fingerprint density at radius 2 is 2.19 bits per heavy atom. The average Bonchev–Trinajstić information content (AvgIpc) is 2.82. The summed E-state index contributed by atoms with van der Waals surface area (Å²) in [6.07, 6.45) is -0.840. The fraction of sp³-hybridized carbons (Fsp3) is 0.538. The summed E-state index contributed by atoms with van der Waals surface area (Å²) in [4.78, 5) is 25.5. The molecule has 1 aliphatic rings. The van der Waals surface area contributed by atoms with Gasteiger partial charge in [0, 0.05) is 19.0 Å². The summed E-state index contributed by atoms with van der Waals surface area (Å²) >= 11 is 0. The first-order chi connectivity index (χ1) is 10.1. The maximum absolute atomic E-state index is 11.8. The van der Waals surface area contributed by atoms with Crippen LogP contribution in [0.15, 0.2) is 15.8 Å². The summed E-state index contributed by atoms with van der Waals surface area (Å²) in [5, 5.41) is 27.4. The van der Waals surface area contributed by atoms with Crippen LogP contribution in [-0.2, 0) is 4.74 Å². The lowest BCUT2D eigenvalue weighted by molar-refractivity contribution is -0.0459. The molecule has 0 unspecified atom stereocenters. The van der Waals surface area contributed by atoms with Gasteiger partial charge in [-0.25, -0.2) is 4.79 Å². The van der Waals surface area contributed by atoms with Crippen molar-refractivity contribution in [3.8, 4) is 11.8 Å². The molecule has 2 rings (SSSR count). The summed E-state index contributed by atoms with van der Waals surface area (Å²) in [6.45, 7) is -0.487. The van der Waals surface area contributed by atoms with Gasteiger partial charge >= 0.3 is 5.69 Å². The van der Waals surface area contributed by atoms with E-state index in [0.29, 0.717) is 0 Å². The number of H-pyrrole nitrogens is 1. The molecule has 0 radical (unpaired) electrons. The van der Waals surface area contributed by atoms with Crippen LogP contribution in [0.1, 0.15) is 24.6 Å². The van der Waals surface area contributed by atoms with E-state index in [-0.39, 0.29) is 31.6 Å². The molecule has 1 saturated heterocycles. The number of hydrogen-bond acceptors (Lipinski definition) is 6. The van der Waals surface area contributed by atoms with Crippen LogP contribution in [0.2, 0.25) is 0 Å². The maximum Gasteiger partial charge on any atom is 0.330 e. The smallest absolute Gasteiger partial charge is 0.330 e. The molecular formula is C13H16N2O6. The minimum absolute atomic E-state index is 0.0635. The monoisotopic (exact) mass is 296 g/mol. The zero-order chi connectivity index (χ0) is 15.4. The van der Waals surface area contributed by atoms with Gasteiger partial charge < -0.3 is 20.1 Å². The second kappa shape index (κ2) is 6.69. The zero-order valence-corrected chi connectivity index (χ0v) is 11.2. The van der Waals surface area contributed by atoms with Gasteiger partial charge in [-0.05, 0) is 0 Å². The number of rotatable bonds is 3. The van der Waals surface area contributed by atoms with Crippen molar-refractivity contribution in [1.29, 1.82) is 0 Å². The highest BCUT2D eigenvalue weighted by Crippen LogP contribution is 2.27. The molecule has 0 saturated carbocycles. The predicted octanol–water partition coefficient (Wildman–Crippen LogP) is -2.09. The van der Waals surface area contributed by atoms with Crippen LogP contribution in [0.25, 0.3) is 0 Å². The van der Waals surface area contributed by atoms with Gasteiger partial charge in [0.15, 0.2) is 0 Å². The van der Waals surface area contributed by atoms with Gasteiger partial charge in [-0.15, -0.1) is 0 Å². The quantitative estimate of drug-likeness (QED) is 0.474. The second-order valence-corrected chi connectivity index (χ2v) is 4.60. The second-order valence-electron chi connectivity index (χ2n) is 4.60. The molecule has 1 fully saturated rings. The van der Waals surface area contributed by atoms with Crippen LogP contribution in [0, 0.1) is 11.8 Å². The van der Waals surface area contributed by atoms with Crippen molar-refractivity contribution in [2.24, 2.45) is 0 Å². The molecule has 4 N–H and O–H groups in total. The first-order valence-corrected chi connectivity index (χ1v) is 6.46. The summed E-state index contributed by atoms with van der Waals surface area (Å²) in [5.41, 5.74) is -1.24. The summed E-state index contributed by atoms with van der Waals surface area (Å²) in [6, 6.07) is 0. The highest BCUT2D eigenvalue weighted by molar-refractivity contribution is 5.29. The Kier molecular flexibility index (Phi) is 4.93. The highest BCUT2D eigenvalue weighted by atomic mass is 16.5. The van der Waals surface area contributed by atoms with E-state index in [9.17, 15) is 14.7 Å². The molecule has 0 amide bonds. The van der Waals surface area contributed by atoms with E-state index >= 15 is 0 Å². The molecule has 114 valence electrons. The minimum Gasteiger partial charge on any atom is -0.395 e. The molecule has 3 atom stereocenters. The molecule has 8 heteroatoms. The molecular weight excluding hydrogens is 280 g/mol. The number of aliphatic hydroxyl groups excluding tert-OH is 3. The van der Waals surface area contributed by atoms with E-state index in [4.69, 9.17) is 14.9 Å². The first-order valence-electron chi connectivity index (χ1n) is 6.46. The van der Waals surface area contributed by atoms with E-state index < -0.39 is 29.7 Å². The zero-order valence-electron chi connectivity index (χ0n) is 11.2. The number of nitrogens with one attached hydrogen (secondary N) is 1. The largest absolute Gasteiger partial charge is 0.395 e. The van der Waals surface area contributed by atoms with Crippen molar-refractivity contribution >= 4 is 0 Å². The molecule has 8 nitrogen and oxygen atoms in total. The Bertz CT molecular complexity index is 668. The molecule has 1 aliphatic heterocycles. The van der Waals surface area contributed by atoms with Crippen molar-refractivity contribution in [3.63, 3.8) is 0 Å². The fourth-order valence-corrected chi connectivity index (χ4v) is 2.05. The number of aromatic nitrogens is 2. The maximum atomic E-state index is 11.8. The van der Waals surface area contributed by atoms with Gasteiger partial charge in [0.2, 0.25) is 0 Å². The summed E-state index contributed by atoms with van der Waals surface area (Å²) in [7, 11) is 0. The number of ether oxygens (including phenoxy) is 1. The van der Waals surface area contributed by atoms with Gasteiger partial charge in [0.05, 0.1) is 19.3 Å². The third kappa shape index (κ3) is 3.40. The number of aromatic amines is 1. The normalized spacial score (nSPS) is 24.6. The molecule has 1 aromatic rings. The Morgan fingerprint density at radius 1 is 1.43 bits per heavy atom. The Labute approximate surface area is 119 Å².